The molecule has 0 aromatic heterocycles. The van der Waals surface area contributed by atoms with E-state index in [1.165, 1.54) is 62.4 Å². The van der Waals surface area contributed by atoms with Gasteiger partial charge in [-0.05, 0) is 86.0 Å². The maximum absolute atomic E-state index is 13.0. The molecule has 2 atom stereocenters. The minimum atomic E-state index is -5.00. The lowest BCUT2D eigenvalue weighted by Crippen LogP contribution is -2.42. The Balaban J connectivity index is 0.000000310. The summed E-state index contributed by atoms with van der Waals surface area (Å²) in [4.78, 5) is 43.0. The molecule has 278 valence electrons. The van der Waals surface area contributed by atoms with Gasteiger partial charge in [0.2, 0.25) is 0 Å². The fourth-order valence-electron chi connectivity index (χ4n) is 4.31. The first-order valence-corrected chi connectivity index (χ1v) is 15.1. The van der Waals surface area contributed by atoms with Gasteiger partial charge in [0.1, 0.15) is 34.4 Å². The van der Waals surface area contributed by atoms with Crippen molar-refractivity contribution in [1.82, 2.24) is 0 Å². The maximum Gasteiger partial charge on any atom is 0.423 e. The molecule has 4 rings (SSSR count). The Morgan fingerprint density at radius 2 is 1.12 bits per heavy atom. The number of nitro benzene ring substituents is 1. The van der Waals surface area contributed by atoms with Crippen molar-refractivity contribution in [2.24, 2.45) is 0 Å². The molecule has 52 heavy (non-hydrogen) atoms. The number of nitro groups is 1. The predicted molar refractivity (Wildman–Crippen MR) is 177 cm³/mol. The molecule has 0 heterocycles. The second-order valence-electron chi connectivity index (χ2n) is 11.9. The Kier molecular flexibility index (Phi) is 14.8. The van der Waals surface area contributed by atoms with Crippen molar-refractivity contribution in [2.45, 2.75) is 57.4 Å². The highest BCUT2D eigenvalue weighted by molar-refractivity contribution is 5.97. The summed E-state index contributed by atoms with van der Waals surface area (Å²) in [6.07, 6.45) is -4.87. The van der Waals surface area contributed by atoms with Gasteiger partial charge >= 0.3 is 12.1 Å². The monoisotopic (exact) mass is 736 g/mol. The summed E-state index contributed by atoms with van der Waals surface area (Å²) in [6, 6.07) is 18.3. The van der Waals surface area contributed by atoms with Crippen LogP contribution in [0.4, 0.5) is 37.7 Å². The molecular formula is C36H34F6N2O8. The molecule has 0 fully saturated rings. The Labute approximate surface area is 293 Å². The van der Waals surface area contributed by atoms with E-state index in [1.54, 1.807) is 12.1 Å². The molecule has 4 N–H and O–H groups in total. The van der Waals surface area contributed by atoms with Crippen LogP contribution < -0.4 is 5.32 Å². The van der Waals surface area contributed by atoms with E-state index < -0.39 is 51.2 Å². The van der Waals surface area contributed by atoms with E-state index in [4.69, 9.17) is 5.11 Å². The van der Waals surface area contributed by atoms with Gasteiger partial charge in [0.05, 0.1) is 4.92 Å². The lowest BCUT2D eigenvalue weighted by molar-refractivity contribution is -0.388. The number of carbonyl (C=O) groups is 3. The lowest BCUT2D eigenvalue weighted by atomic mass is 9.95. The maximum atomic E-state index is 13.0. The van der Waals surface area contributed by atoms with Gasteiger partial charge in [0, 0.05) is 31.0 Å². The van der Waals surface area contributed by atoms with Crippen LogP contribution in [0.5, 0.6) is 0 Å². The summed E-state index contributed by atoms with van der Waals surface area (Å²) in [6.45, 7) is 3.86. The number of hydrogen-bond donors (Lipinski definition) is 4. The van der Waals surface area contributed by atoms with E-state index in [0.717, 1.165) is 30.7 Å². The topological polar surface area (TPSA) is 167 Å². The molecule has 4 aromatic carbocycles. The summed E-state index contributed by atoms with van der Waals surface area (Å²) in [5.41, 5.74) is -5.00. The number of alkyl halides is 3. The third-order valence-corrected chi connectivity index (χ3v) is 7.00. The van der Waals surface area contributed by atoms with E-state index in [9.17, 15) is 61.1 Å². The van der Waals surface area contributed by atoms with Crippen molar-refractivity contribution in [2.75, 3.05) is 5.32 Å². The molecule has 4 aromatic rings. The molecule has 0 radical (unpaired) electrons. The van der Waals surface area contributed by atoms with Crippen molar-refractivity contribution in [3.8, 4) is 0 Å². The molecular weight excluding hydrogens is 702 g/mol. The van der Waals surface area contributed by atoms with Crippen LogP contribution in [0.1, 0.15) is 43.0 Å². The molecule has 0 saturated heterocycles. The van der Waals surface area contributed by atoms with Crippen molar-refractivity contribution in [3.05, 3.63) is 141 Å². The van der Waals surface area contributed by atoms with Gasteiger partial charge in [-0.3, -0.25) is 19.7 Å². The zero-order valence-corrected chi connectivity index (χ0v) is 27.9. The summed E-state index contributed by atoms with van der Waals surface area (Å²) >= 11 is 0. The van der Waals surface area contributed by atoms with Crippen molar-refractivity contribution >= 4 is 29.0 Å². The lowest BCUT2D eigenvalue weighted by Gasteiger charge is -2.22. The van der Waals surface area contributed by atoms with Gasteiger partial charge in [-0.25, -0.2) is 18.0 Å². The molecule has 0 bridgehead atoms. The number of nitrogens with zero attached hydrogens (tertiary/aromatic N) is 1. The summed E-state index contributed by atoms with van der Waals surface area (Å²) in [5.74, 6) is -3.37. The molecule has 0 aliphatic heterocycles. The first kappa shape index (κ1) is 42.6. The van der Waals surface area contributed by atoms with Crippen LogP contribution in [0.15, 0.2) is 91.0 Å². The number of ketones is 1. The number of carboxylic acid groups (broad SMARTS) is 1. The van der Waals surface area contributed by atoms with E-state index >= 15 is 0 Å². The first-order chi connectivity index (χ1) is 24.0. The van der Waals surface area contributed by atoms with Gasteiger partial charge in [0.25, 0.3) is 11.6 Å². The standard InChI is InChI=1S/C17H14F4N2O4.C10H11FO3.C9H9FO/c1-16(25,9-10-2-4-11(18)5-3-10)15(24)22-12-6-7-14(23(26)27)13(8-12)17(19,20)21;1-10(14,9(12)13)6-7-2-4-8(11)5-3-7;1-7(11)6-8-2-4-9(10)5-3-8/h2-8,25H,9H2,1H3,(H,22,24);2-5,14H,6H2,1H3,(H,12,13);2-5H,6H2,1H3. The van der Waals surface area contributed by atoms with E-state index in [2.05, 4.69) is 5.32 Å². The quantitative estimate of drug-likeness (QED) is 0.0780. The number of amides is 1. The summed E-state index contributed by atoms with van der Waals surface area (Å²) in [5, 5.41) is 41.2. The number of rotatable bonds is 10. The van der Waals surface area contributed by atoms with E-state index in [-0.39, 0.29) is 35.9 Å². The zero-order valence-electron chi connectivity index (χ0n) is 27.9. The minimum Gasteiger partial charge on any atom is -0.479 e. The smallest absolute Gasteiger partial charge is 0.423 e. The number of benzene rings is 4. The van der Waals surface area contributed by atoms with Crippen LogP contribution in [0.3, 0.4) is 0 Å². The molecule has 16 heteroatoms. The summed E-state index contributed by atoms with van der Waals surface area (Å²) < 4.78 is 76.7. The van der Waals surface area contributed by atoms with Gasteiger partial charge in [-0.1, -0.05) is 36.4 Å². The van der Waals surface area contributed by atoms with Crippen molar-refractivity contribution in [1.29, 1.82) is 0 Å². The minimum absolute atomic E-state index is 0.0391. The molecule has 0 spiro atoms. The fourth-order valence-corrected chi connectivity index (χ4v) is 4.31. The van der Waals surface area contributed by atoms with Crippen LogP contribution in [0.25, 0.3) is 0 Å². The van der Waals surface area contributed by atoms with Crippen molar-refractivity contribution in [3.63, 3.8) is 0 Å². The highest BCUT2D eigenvalue weighted by Crippen LogP contribution is 2.37. The van der Waals surface area contributed by atoms with Crippen molar-refractivity contribution < 1.29 is 61.0 Å². The number of carbonyl (C=O) groups excluding carboxylic acids is 2. The number of halogens is 6. The molecule has 0 aliphatic rings. The van der Waals surface area contributed by atoms with Crippen LogP contribution >= 0.6 is 0 Å². The number of anilines is 1. The normalized spacial score (nSPS) is 13.1. The SMILES string of the molecule is CC(=O)Cc1ccc(F)cc1.CC(O)(Cc1ccc(F)cc1)C(=O)Nc1ccc([N+](=O)[O-])c(C(F)(F)F)c1.CC(O)(Cc1ccc(F)cc1)C(=O)O. The van der Waals surface area contributed by atoms with Gasteiger partial charge < -0.3 is 20.6 Å². The highest BCUT2D eigenvalue weighted by atomic mass is 19.4. The van der Waals surface area contributed by atoms with E-state index in [0.29, 0.717) is 29.7 Å². The third-order valence-electron chi connectivity index (χ3n) is 7.00. The van der Waals surface area contributed by atoms with Crippen LogP contribution in [0.2, 0.25) is 0 Å². The number of hydrogen-bond acceptors (Lipinski definition) is 7. The molecule has 0 saturated carbocycles. The average molecular weight is 737 g/mol. The second kappa shape index (κ2) is 18.1. The fraction of sp³-hybridized carbons (Fsp3) is 0.250. The van der Waals surface area contributed by atoms with Gasteiger partial charge in [-0.2, -0.15) is 13.2 Å². The van der Waals surface area contributed by atoms with E-state index in [1.807, 2.05) is 0 Å². The predicted octanol–water partition coefficient (Wildman–Crippen LogP) is 6.85. The number of nitrogens with one attached hydrogen (secondary N) is 1. The number of aliphatic hydroxyl groups is 2. The van der Waals surface area contributed by atoms with Crippen LogP contribution in [-0.4, -0.2) is 49.1 Å². The average Bonchev–Trinajstić information content (AvgIpc) is 3.04. The highest BCUT2D eigenvalue weighted by Gasteiger charge is 2.39. The first-order valence-electron chi connectivity index (χ1n) is 15.1. The molecule has 10 nitrogen and oxygen atoms in total. The van der Waals surface area contributed by atoms with Gasteiger partial charge in [0.15, 0.2) is 5.60 Å². The summed E-state index contributed by atoms with van der Waals surface area (Å²) in [7, 11) is 0. The Morgan fingerprint density at radius 3 is 1.48 bits per heavy atom. The van der Waals surface area contributed by atoms with Crippen LogP contribution in [-0.2, 0) is 39.8 Å². The Bertz CT molecular complexity index is 1850. The zero-order chi connectivity index (χ0) is 39.4. The third kappa shape index (κ3) is 14.0. The Hall–Kier alpha value is -5.61. The molecule has 2 unspecified atom stereocenters. The van der Waals surface area contributed by atoms with Gasteiger partial charge in [-0.15, -0.1) is 0 Å². The number of carboxylic acids is 1. The Morgan fingerprint density at radius 1 is 0.712 bits per heavy atom. The largest absolute Gasteiger partial charge is 0.479 e. The molecule has 0 aliphatic carbocycles. The number of Topliss-reactive ketones (excluding diaryl/α,β-unsaturated/α-hetero) is 1. The van der Waals surface area contributed by atoms with Crippen LogP contribution in [0, 0.1) is 27.6 Å². The number of aliphatic carboxylic acids is 1. The second-order valence-corrected chi connectivity index (χ2v) is 11.9. The molecule has 1 amide bonds.